The van der Waals surface area contributed by atoms with Crippen LogP contribution in [0.25, 0.3) is 0 Å². The third kappa shape index (κ3) is 3.00. The van der Waals surface area contributed by atoms with Gasteiger partial charge in [0.15, 0.2) is 0 Å². The summed E-state index contributed by atoms with van der Waals surface area (Å²) in [7, 11) is 0. The van der Waals surface area contributed by atoms with Crippen LogP contribution in [-0.2, 0) is 19.4 Å². The zero-order valence-electron chi connectivity index (χ0n) is 14.9. The molecule has 0 radical (unpaired) electrons. The van der Waals surface area contributed by atoms with Crippen molar-refractivity contribution in [3.05, 3.63) is 47.2 Å². The van der Waals surface area contributed by atoms with Gasteiger partial charge in [0.2, 0.25) is 11.8 Å². The molecule has 25 heavy (non-hydrogen) atoms. The fourth-order valence-corrected chi connectivity index (χ4v) is 5.08. The molecule has 1 aromatic heterocycles. The van der Waals surface area contributed by atoms with E-state index in [1.807, 2.05) is 6.92 Å². The number of nitrogens with zero attached hydrogens (tertiary/aromatic N) is 4. The van der Waals surface area contributed by atoms with Crippen molar-refractivity contribution >= 4 is 0 Å². The minimum absolute atomic E-state index is 0.620. The van der Waals surface area contributed by atoms with Crippen LogP contribution in [0, 0.1) is 12.8 Å². The monoisotopic (exact) mass is 338 g/mol. The molecule has 132 valence electrons. The first-order valence-corrected chi connectivity index (χ1v) is 9.58. The molecule has 5 heteroatoms. The second-order valence-electron chi connectivity index (χ2n) is 8.03. The highest BCUT2D eigenvalue weighted by molar-refractivity contribution is 5.33. The van der Waals surface area contributed by atoms with E-state index in [2.05, 4.69) is 44.3 Å². The van der Waals surface area contributed by atoms with E-state index >= 15 is 0 Å². The first-order valence-electron chi connectivity index (χ1n) is 9.58. The van der Waals surface area contributed by atoms with E-state index in [4.69, 9.17) is 4.42 Å². The predicted octanol–water partition coefficient (Wildman–Crippen LogP) is 2.44. The van der Waals surface area contributed by atoms with Gasteiger partial charge in [0.05, 0.1) is 6.54 Å². The minimum atomic E-state index is 0.620. The van der Waals surface area contributed by atoms with Gasteiger partial charge in [-0.2, -0.15) is 0 Å². The molecular formula is C20H26N4O. The number of fused-ring (bicyclic) bond motifs is 5. The largest absolute Gasteiger partial charge is 0.424 e. The Balaban J connectivity index is 1.30. The summed E-state index contributed by atoms with van der Waals surface area (Å²) in [5.41, 5.74) is 3.12. The average molecular weight is 338 g/mol. The summed E-state index contributed by atoms with van der Waals surface area (Å²) in [4.78, 5) is 5.37. The Morgan fingerprint density at radius 2 is 1.80 bits per heavy atom. The molecule has 0 amide bonds. The van der Waals surface area contributed by atoms with E-state index in [1.54, 1.807) is 11.1 Å². The van der Waals surface area contributed by atoms with E-state index in [-0.39, 0.29) is 0 Å². The Morgan fingerprint density at radius 3 is 2.52 bits per heavy atom. The molecule has 6 rings (SSSR count). The van der Waals surface area contributed by atoms with Crippen LogP contribution in [0.1, 0.15) is 35.7 Å². The highest BCUT2D eigenvalue weighted by atomic mass is 16.4. The lowest BCUT2D eigenvalue weighted by atomic mass is 9.95. The first kappa shape index (κ1) is 15.5. The van der Waals surface area contributed by atoms with E-state index < -0.39 is 0 Å². The maximum Gasteiger partial charge on any atom is 0.230 e. The van der Waals surface area contributed by atoms with Crippen molar-refractivity contribution in [1.82, 2.24) is 20.0 Å². The lowest BCUT2D eigenvalue weighted by Crippen LogP contribution is -2.44. The van der Waals surface area contributed by atoms with Crippen molar-refractivity contribution in [3.8, 4) is 0 Å². The van der Waals surface area contributed by atoms with Gasteiger partial charge in [-0.25, -0.2) is 0 Å². The molecule has 0 unspecified atom stereocenters. The lowest BCUT2D eigenvalue weighted by molar-refractivity contribution is 0.109. The van der Waals surface area contributed by atoms with Crippen molar-refractivity contribution in [1.29, 1.82) is 0 Å². The molecule has 1 aromatic carbocycles. The highest BCUT2D eigenvalue weighted by Gasteiger charge is 2.38. The van der Waals surface area contributed by atoms with Crippen LogP contribution in [0.4, 0.5) is 0 Å². The van der Waals surface area contributed by atoms with E-state index in [0.717, 1.165) is 18.4 Å². The summed E-state index contributed by atoms with van der Waals surface area (Å²) in [6.45, 7) is 6.27. The van der Waals surface area contributed by atoms with Gasteiger partial charge in [0, 0.05) is 38.6 Å². The first-order chi connectivity index (χ1) is 12.2. The highest BCUT2D eigenvalue weighted by Crippen LogP contribution is 2.33. The Hall–Kier alpha value is -1.72. The van der Waals surface area contributed by atoms with Crippen LogP contribution in [0.3, 0.4) is 0 Å². The van der Waals surface area contributed by atoms with Gasteiger partial charge in [0.1, 0.15) is 0 Å². The van der Waals surface area contributed by atoms with Crippen molar-refractivity contribution in [3.63, 3.8) is 0 Å². The Kier molecular flexibility index (Phi) is 3.86. The molecule has 2 aromatic rings. The zero-order chi connectivity index (χ0) is 16.8. The number of rotatable bonds is 3. The fourth-order valence-electron chi connectivity index (χ4n) is 5.08. The molecule has 5 nitrogen and oxygen atoms in total. The summed E-state index contributed by atoms with van der Waals surface area (Å²) in [6.07, 6.45) is 5.10. The van der Waals surface area contributed by atoms with Gasteiger partial charge in [-0.3, -0.25) is 9.80 Å². The molecule has 3 aliphatic heterocycles. The molecule has 4 heterocycles. The normalized spacial score (nSPS) is 27.6. The standard InChI is InChI=1S/C20H26N4O/c1-14-21-22-20(25-14)13-24-11-15-6-7-18(24)12-23(10-15)19-8-16-4-2-3-5-17(16)9-19/h2-5,15,18-19H,6-13H2,1H3/t15-,18+/m0/s1. The van der Waals surface area contributed by atoms with Crippen molar-refractivity contribution in [2.75, 3.05) is 19.6 Å². The van der Waals surface area contributed by atoms with Crippen LogP contribution in [0.15, 0.2) is 28.7 Å². The smallest absolute Gasteiger partial charge is 0.230 e. The van der Waals surface area contributed by atoms with Gasteiger partial charge in [-0.1, -0.05) is 24.3 Å². The van der Waals surface area contributed by atoms with E-state index in [0.29, 0.717) is 18.0 Å². The molecular weight excluding hydrogens is 312 g/mol. The fraction of sp³-hybridized carbons (Fsp3) is 0.600. The van der Waals surface area contributed by atoms with E-state index in [9.17, 15) is 0 Å². The van der Waals surface area contributed by atoms with Crippen LogP contribution in [0.2, 0.25) is 0 Å². The average Bonchev–Trinajstić information content (AvgIpc) is 3.11. The second kappa shape index (κ2) is 6.22. The molecule has 2 bridgehead atoms. The number of benzene rings is 1. The summed E-state index contributed by atoms with van der Waals surface area (Å²) in [6, 6.07) is 10.3. The van der Waals surface area contributed by atoms with Crippen LogP contribution in [0.5, 0.6) is 0 Å². The van der Waals surface area contributed by atoms with Crippen molar-refractivity contribution in [2.24, 2.45) is 5.92 Å². The molecule has 1 aliphatic carbocycles. The second-order valence-corrected chi connectivity index (χ2v) is 8.03. The maximum absolute atomic E-state index is 5.63. The summed E-state index contributed by atoms with van der Waals surface area (Å²) in [5, 5.41) is 8.19. The molecule has 0 saturated carbocycles. The lowest BCUT2D eigenvalue weighted by Gasteiger charge is -2.35. The Morgan fingerprint density at radius 1 is 1.00 bits per heavy atom. The number of hydrogen-bond acceptors (Lipinski definition) is 5. The Labute approximate surface area is 149 Å². The number of piperidine rings is 1. The molecule has 0 N–H and O–H groups in total. The third-order valence-electron chi connectivity index (χ3n) is 6.31. The predicted molar refractivity (Wildman–Crippen MR) is 95.2 cm³/mol. The quantitative estimate of drug-likeness (QED) is 0.860. The van der Waals surface area contributed by atoms with E-state index in [1.165, 1.54) is 45.3 Å². The van der Waals surface area contributed by atoms with Crippen LogP contribution < -0.4 is 0 Å². The molecule has 4 aliphatic rings. The van der Waals surface area contributed by atoms with Crippen LogP contribution >= 0.6 is 0 Å². The minimum Gasteiger partial charge on any atom is -0.424 e. The van der Waals surface area contributed by atoms with Gasteiger partial charge in [-0.15, -0.1) is 10.2 Å². The summed E-state index contributed by atoms with van der Waals surface area (Å²) >= 11 is 0. The van der Waals surface area contributed by atoms with Crippen molar-refractivity contribution < 1.29 is 4.42 Å². The molecule has 0 spiro atoms. The number of aryl methyl sites for hydroxylation is 1. The van der Waals surface area contributed by atoms with Gasteiger partial charge < -0.3 is 4.42 Å². The zero-order valence-corrected chi connectivity index (χ0v) is 14.9. The third-order valence-corrected chi connectivity index (χ3v) is 6.31. The van der Waals surface area contributed by atoms with Gasteiger partial charge in [0.25, 0.3) is 0 Å². The topological polar surface area (TPSA) is 45.4 Å². The summed E-state index contributed by atoms with van der Waals surface area (Å²) < 4.78 is 5.63. The Bertz CT molecular complexity index is 733. The molecule has 2 atom stereocenters. The van der Waals surface area contributed by atoms with Crippen LogP contribution in [-0.4, -0.2) is 51.7 Å². The summed E-state index contributed by atoms with van der Waals surface area (Å²) in [5.74, 6) is 2.21. The number of hydrogen-bond donors (Lipinski definition) is 0. The van der Waals surface area contributed by atoms with Gasteiger partial charge >= 0.3 is 0 Å². The van der Waals surface area contributed by atoms with Crippen molar-refractivity contribution in [2.45, 2.75) is 51.2 Å². The molecule has 3 fully saturated rings. The SMILES string of the molecule is Cc1nnc(CN2C[C@H]3CC[C@@H]2CN(C2Cc4ccccc4C2)C3)o1. The van der Waals surface area contributed by atoms with Gasteiger partial charge in [-0.05, 0) is 42.7 Å². The maximum atomic E-state index is 5.63. The molecule has 3 saturated heterocycles. The number of aromatic nitrogens is 2.